The second kappa shape index (κ2) is 11.4. The third-order valence-corrected chi connectivity index (χ3v) is 6.11. The van der Waals surface area contributed by atoms with Crippen molar-refractivity contribution >= 4 is 17.5 Å². The van der Waals surface area contributed by atoms with E-state index in [2.05, 4.69) is 10.2 Å². The lowest BCUT2D eigenvalue weighted by Crippen LogP contribution is -2.08. The molecule has 3 aromatic carbocycles. The van der Waals surface area contributed by atoms with Crippen LogP contribution in [0.4, 0.5) is 0 Å². The highest BCUT2D eigenvalue weighted by molar-refractivity contribution is 7.99. The van der Waals surface area contributed by atoms with Crippen LogP contribution in [0, 0.1) is 0 Å². The van der Waals surface area contributed by atoms with E-state index in [0.717, 1.165) is 11.4 Å². The van der Waals surface area contributed by atoms with Crippen molar-refractivity contribution in [2.24, 2.45) is 0 Å². The number of benzene rings is 3. The number of carbonyl (C=O) groups is 1. The van der Waals surface area contributed by atoms with Crippen molar-refractivity contribution in [1.82, 2.24) is 14.8 Å². The van der Waals surface area contributed by atoms with Crippen molar-refractivity contribution in [2.45, 2.75) is 11.8 Å². The minimum atomic E-state index is -0.0606. The molecule has 0 aliphatic carbocycles. The molecule has 0 aliphatic rings. The largest absolute Gasteiger partial charge is 0.497 e. The number of thioether (sulfide) groups is 1. The van der Waals surface area contributed by atoms with Gasteiger partial charge >= 0.3 is 0 Å². The molecule has 0 aliphatic heterocycles. The van der Waals surface area contributed by atoms with Crippen LogP contribution in [0.25, 0.3) is 5.69 Å². The molecule has 0 unspecified atom stereocenters. The molecule has 1 aromatic heterocycles. The minimum absolute atomic E-state index is 0.0606. The molecule has 8 nitrogen and oxygen atoms in total. The maximum atomic E-state index is 12.9. The Balaban J connectivity index is 1.52. The number of ether oxygens (including phenoxy) is 4. The fourth-order valence-corrected chi connectivity index (χ4v) is 4.23. The quantitative estimate of drug-likeness (QED) is 0.218. The molecule has 1 heterocycles. The lowest BCUT2D eigenvalue weighted by molar-refractivity contribution is 0.102. The van der Waals surface area contributed by atoms with Gasteiger partial charge in [0.2, 0.25) is 0 Å². The molecular weight excluding hydrogens is 466 g/mol. The SMILES string of the molecule is COc1ccc(OCc2nnc(SCC(=O)c3ccc(OC)c(OC)c3)n2-c2ccccc2)cc1. The van der Waals surface area contributed by atoms with E-state index in [1.54, 1.807) is 39.5 Å². The number of hydrogen-bond donors (Lipinski definition) is 0. The van der Waals surface area contributed by atoms with Crippen LogP contribution in [0.5, 0.6) is 23.0 Å². The molecule has 0 amide bonds. The zero-order chi connectivity index (χ0) is 24.6. The second-order valence-electron chi connectivity index (χ2n) is 7.32. The van der Waals surface area contributed by atoms with Crippen molar-refractivity contribution < 1.29 is 23.7 Å². The summed E-state index contributed by atoms with van der Waals surface area (Å²) in [6.07, 6.45) is 0. The monoisotopic (exact) mass is 491 g/mol. The maximum absolute atomic E-state index is 12.9. The normalized spacial score (nSPS) is 10.6. The maximum Gasteiger partial charge on any atom is 0.196 e. The number of methoxy groups -OCH3 is 3. The molecule has 0 spiro atoms. The summed E-state index contributed by atoms with van der Waals surface area (Å²) in [5.74, 6) is 3.26. The van der Waals surface area contributed by atoms with Gasteiger partial charge in [0.15, 0.2) is 28.3 Å². The highest BCUT2D eigenvalue weighted by Gasteiger charge is 2.18. The van der Waals surface area contributed by atoms with Gasteiger partial charge in [0.05, 0.1) is 27.1 Å². The fourth-order valence-electron chi connectivity index (χ4n) is 3.37. The van der Waals surface area contributed by atoms with E-state index >= 15 is 0 Å². The first kappa shape index (κ1) is 24.2. The first-order chi connectivity index (χ1) is 17.1. The number of rotatable bonds is 11. The third-order valence-electron chi connectivity index (χ3n) is 5.18. The summed E-state index contributed by atoms with van der Waals surface area (Å²) in [5, 5.41) is 9.27. The summed E-state index contributed by atoms with van der Waals surface area (Å²) in [6.45, 7) is 0.207. The van der Waals surface area contributed by atoms with Crippen molar-refractivity contribution in [1.29, 1.82) is 0 Å². The number of hydrogen-bond acceptors (Lipinski definition) is 8. The van der Waals surface area contributed by atoms with Crippen LogP contribution in [-0.4, -0.2) is 47.6 Å². The van der Waals surface area contributed by atoms with Crippen molar-refractivity contribution in [3.63, 3.8) is 0 Å². The number of ketones is 1. The standard InChI is InChI=1S/C26H25N3O5S/c1-31-20-10-12-21(13-11-20)34-16-25-27-28-26(29(25)19-7-5-4-6-8-19)35-17-22(30)18-9-14-23(32-2)24(15-18)33-3/h4-15H,16-17H2,1-3H3. The van der Waals surface area contributed by atoms with Gasteiger partial charge in [0.25, 0.3) is 0 Å². The topological polar surface area (TPSA) is 84.7 Å². The Morgan fingerprint density at radius 1 is 0.829 bits per heavy atom. The van der Waals surface area contributed by atoms with E-state index in [4.69, 9.17) is 18.9 Å². The average Bonchev–Trinajstić information content (AvgIpc) is 3.33. The molecule has 0 atom stereocenters. The Morgan fingerprint density at radius 3 is 2.23 bits per heavy atom. The van der Waals surface area contributed by atoms with E-state index in [-0.39, 0.29) is 18.1 Å². The molecule has 4 rings (SSSR count). The van der Waals surface area contributed by atoms with Gasteiger partial charge < -0.3 is 18.9 Å². The molecule has 0 radical (unpaired) electrons. The van der Waals surface area contributed by atoms with E-state index in [1.165, 1.54) is 11.8 Å². The van der Waals surface area contributed by atoms with Gasteiger partial charge in [-0.2, -0.15) is 0 Å². The van der Waals surface area contributed by atoms with Crippen molar-refractivity contribution in [3.8, 4) is 28.7 Å². The highest BCUT2D eigenvalue weighted by atomic mass is 32.2. The van der Waals surface area contributed by atoms with Crippen LogP contribution in [0.1, 0.15) is 16.2 Å². The molecule has 0 saturated carbocycles. The molecule has 0 saturated heterocycles. The zero-order valence-corrected chi connectivity index (χ0v) is 20.5. The Hall–Kier alpha value is -3.98. The molecular formula is C26H25N3O5S. The van der Waals surface area contributed by atoms with E-state index in [9.17, 15) is 4.79 Å². The molecule has 0 N–H and O–H groups in total. The van der Waals surface area contributed by atoms with E-state index in [1.807, 2.05) is 59.2 Å². The molecule has 4 aromatic rings. The van der Waals surface area contributed by atoms with Gasteiger partial charge in [-0.05, 0) is 54.6 Å². The van der Waals surface area contributed by atoms with Gasteiger partial charge in [-0.15, -0.1) is 10.2 Å². The summed E-state index contributed by atoms with van der Waals surface area (Å²) >= 11 is 1.31. The van der Waals surface area contributed by atoms with Gasteiger partial charge in [-0.1, -0.05) is 30.0 Å². The Bertz CT molecular complexity index is 1280. The predicted octanol–water partition coefficient (Wildman–Crippen LogP) is 4.85. The smallest absolute Gasteiger partial charge is 0.196 e. The van der Waals surface area contributed by atoms with E-state index < -0.39 is 0 Å². The molecule has 0 bridgehead atoms. The minimum Gasteiger partial charge on any atom is -0.497 e. The van der Waals surface area contributed by atoms with Gasteiger partial charge in [-0.3, -0.25) is 9.36 Å². The Morgan fingerprint density at radius 2 is 1.54 bits per heavy atom. The Kier molecular flexibility index (Phi) is 7.89. The van der Waals surface area contributed by atoms with Crippen LogP contribution in [0.3, 0.4) is 0 Å². The number of para-hydroxylation sites is 1. The van der Waals surface area contributed by atoms with E-state index in [0.29, 0.717) is 33.8 Å². The van der Waals surface area contributed by atoms with Crippen LogP contribution in [0.15, 0.2) is 78.0 Å². The summed E-state index contributed by atoms with van der Waals surface area (Å²) in [5.41, 5.74) is 1.41. The summed E-state index contributed by atoms with van der Waals surface area (Å²) in [7, 11) is 4.72. The van der Waals surface area contributed by atoms with Crippen molar-refractivity contribution in [2.75, 3.05) is 27.1 Å². The summed E-state index contributed by atoms with van der Waals surface area (Å²) < 4.78 is 23.6. The van der Waals surface area contributed by atoms with Gasteiger partial charge in [0.1, 0.15) is 18.1 Å². The third kappa shape index (κ3) is 5.75. The molecule has 35 heavy (non-hydrogen) atoms. The number of Topliss-reactive ketones (excluding diaryl/α,β-unsaturated/α-hetero) is 1. The molecule has 180 valence electrons. The zero-order valence-electron chi connectivity index (χ0n) is 19.6. The van der Waals surface area contributed by atoms with Crippen LogP contribution in [-0.2, 0) is 6.61 Å². The Labute approximate surface area is 207 Å². The van der Waals surface area contributed by atoms with Crippen LogP contribution in [0.2, 0.25) is 0 Å². The average molecular weight is 492 g/mol. The van der Waals surface area contributed by atoms with Crippen LogP contribution >= 0.6 is 11.8 Å². The predicted molar refractivity (Wildman–Crippen MR) is 133 cm³/mol. The van der Waals surface area contributed by atoms with Crippen molar-refractivity contribution in [3.05, 3.63) is 84.2 Å². The fraction of sp³-hybridized carbons (Fsp3) is 0.192. The lowest BCUT2D eigenvalue weighted by Gasteiger charge is -2.12. The van der Waals surface area contributed by atoms with Gasteiger partial charge in [0, 0.05) is 11.3 Å². The number of nitrogens with zero attached hydrogens (tertiary/aromatic N) is 3. The number of carbonyl (C=O) groups excluding carboxylic acids is 1. The summed E-state index contributed by atoms with van der Waals surface area (Å²) in [6, 6.07) is 22.2. The summed E-state index contributed by atoms with van der Waals surface area (Å²) in [4.78, 5) is 12.9. The lowest BCUT2D eigenvalue weighted by atomic mass is 10.1. The van der Waals surface area contributed by atoms with Crippen LogP contribution < -0.4 is 18.9 Å². The molecule has 0 fully saturated rings. The first-order valence-electron chi connectivity index (χ1n) is 10.8. The highest BCUT2D eigenvalue weighted by Crippen LogP contribution is 2.29. The van der Waals surface area contributed by atoms with Gasteiger partial charge in [-0.25, -0.2) is 0 Å². The molecule has 9 heteroatoms. The first-order valence-corrected chi connectivity index (χ1v) is 11.8. The second-order valence-corrected chi connectivity index (χ2v) is 8.26. The number of aromatic nitrogens is 3.